The Labute approximate surface area is 125 Å². The van der Waals surface area contributed by atoms with Crippen LogP contribution >= 0.6 is 11.8 Å². The van der Waals surface area contributed by atoms with E-state index in [1.807, 2.05) is 6.07 Å². The van der Waals surface area contributed by atoms with E-state index in [2.05, 4.69) is 4.98 Å². The second kappa shape index (κ2) is 5.81. The van der Waals surface area contributed by atoms with E-state index in [-0.39, 0.29) is 23.4 Å². The largest absolute Gasteiger partial charge is 0.321 e. The first kappa shape index (κ1) is 14.0. The average Bonchev–Trinajstić information content (AvgIpc) is 2.85. The number of aromatic nitrogens is 1. The van der Waals surface area contributed by atoms with Crippen LogP contribution in [0.15, 0.2) is 42.7 Å². The summed E-state index contributed by atoms with van der Waals surface area (Å²) in [5.41, 5.74) is 0.771. The number of carbonyl (C=O) groups excluding carboxylic acids is 1. The van der Waals surface area contributed by atoms with Crippen LogP contribution in [0.1, 0.15) is 16.5 Å². The molecule has 1 aromatic carbocycles. The number of hydrogen-bond donors (Lipinski definition) is 0. The lowest BCUT2D eigenvalue weighted by atomic mass is 10.1. The Balaban J connectivity index is 1.90. The molecule has 2 heterocycles. The van der Waals surface area contributed by atoms with E-state index < -0.39 is 11.6 Å². The van der Waals surface area contributed by atoms with Crippen molar-refractivity contribution in [3.05, 3.63) is 65.5 Å². The summed E-state index contributed by atoms with van der Waals surface area (Å²) in [6, 6.07) is 7.35. The number of amides is 1. The standard InChI is InChI=1S/C15H12F2N2OS/c16-12-4-1-5-13(17)11(12)8-19-14(20)9-21-15(19)10-3-2-6-18-7-10/h1-7,15H,8-9H2. The van der Waals surface area contributed by atoms with Gasteiger partial charge >= 0.3 is 0 Å². The number of thioether (sulfide) groups is 1. The molecule has 2 aromatic rings. The van der Waals surface area contributed by atoms with Gasteiger partial charge in [0.2, 0.25) is 5.91 Å². The molecule has 0 spiro atoms. The maximum absolute atomic E-state index is 13.8. The quantitative estimate of drug-likeness (QED) is 0.873. The fraction of sp³-hybridized carbons (Fsp3) is 0.200. The summed E-state index contributed by atoms with van der Waals surface area (Å²) in [6.07, 6.45) is 3.31. The first-order valence-corrected chi connectivity index (χ1v) is 7.45. The molecule has 0 radical (unpaired) electrons. The van der Waals surface area contributed by atoms with Gasteiger partial charge in [-0.3, -0.25) is 9.78 Å². The summed E-state index contributed by atoms with van der Waals surface area (Å²) in [6.45, 7) is -0.0795. The molecule has 1 fully saturated rings. The van der Waals surface area contributed by atoms with Gasteiger partial charge in [0.25, 0.3) is 0 Å². The SMILES string of the molecule is O=C1CSC(c2cccnc2)N1Cc1c(F)cccc1F. The van der Waals surface area contributed by atoms with Crippen molar-refractivity contribution in [2.75, 3.05) is 5.75 Å². The zero-order valence-corrected chi connectivity index (χ0v) is 11.8. The van der Waals surface area contributed by atoms with Crippen molar-refractivity contribution in [3.8, 4) is 0 Å². The molecule has 1 amide bonds. The molecule has 1 aliphatic rings. The minimum Gasteiger partial charge on any atom is -0.321 e. The summed E-state index contributed by atoms with van der Waals surface area (Å²) in [5, 5.41) is -0.259. The molecule has 21 heavy (non-hydrogen) atoms. The zero-order chi connectivity index (χ0) is 14.8. The summed E-state index contributed by atoms with van der Waals surface area (Å²) in [4.78, 5) is 17.5. The molecular formula is C15H12F2N2OS. The van der Waals surface area contributed by atoms with E-state index in [9.17, 15) is 13.6 Å². The van der Waals surface area contributed by atoms with Crippen LogP contribution in [-0.4, -0.2) is 21.5 Å². The lowest BCUT2D eigenvalue weighted by Crippen LogP contribution is -2.28. The number of halogens is 2. The zero-order valence-electron chi connectivity index (χ0n) is 11.0. The molecule has 0 saturated carbocycles. The van der Waals surface area contributed by atoms with Gasteiger partial charge in [0.05, 0.1) is 12.3 Å². The van der Waals surface area contributed by atoms with E-state index in [0.29, 0.717) is 5.75 Å². The Morgan fingerprint density at radius 3 is 2.67 bits per heavy atom. The molecule has 6 heteroatoms. The van der Waals surface area contributed by atoms with Crippen molar-refractivity contribution in [3.63, 3.8) is 0 Å². The monoisotopic (exact) mass is 306 g/mol. The molecule has 3 nitrogen and oxygen atoms in total. The Morgan fingerprint density at radius 1 is 1.24 bits per heavy atom. The van der Waals surface area contributed by atoms with Crippen LogP contribution < -0.4 is 0 Å². The predicted molar refractivity (Wildman–Crippen MR) is 76.3 cm³/mol. The van der Waals surface area contributed by atoms with Crippen molar-refractivity contribution >= 4 is 17.7 Å². The van der Waals surface area contributed by atoms with E-state index in [0.717, 1.165) is 5.56 Å². The predicted octanol–water partition coefficient (Wildman–Crippen LogP) is 3.13. The Morgan fingerprint density at radius 2 is 2.00 bits per heavy atom. The van der Waals surface area contributed by atoms with Crippen molar-refractivity contribution in [1.29, 1.82) is 0 Å². The number of hydrogen-bond acceptors (Lipinski definition) is 3. The van der Waals surface area contributed by atoms with E-state index in [1.54, 1.807) is 18.5 Å². The van der Waals surface area contributed by atoms with Gasteiger partial charge in [-0.05, 0) is 18.2 Å². The molecule has 0 aliphatic carbocycles. The van der Waals surface area contributed by atoms with Crippen molar-refractivity contribution in [1.82, 2.24) is 9.88 Å². The van der Waals surface area contributed by atoms with Crippen LogP contribution in [0.25, 0.3) is 0 Å². The average molecular weight is 306 g/mol. The number of pyridine rings is 1. The van der Waals surface area contributed by atoms with Crippen LogP contribution in [0.3, 0.4) is 0 Å². The van der Waals surface area contributed by atoms with Crippen LogP contribution in [-0.2, 0) is 11.3 Å². The third-order valence-corrected chi connectivity index (χ3v) is 4.58. The lowest BCUT2D eigenvalue weighted by molar-refractivity contribution is -0.128. The lowest BCUT2D eigenvalue weighted by Gasteiger charge is -2.24. The maximum atomic E-state index is 13.8. The van der Waals surface area contributed by atoms with Crippen LogP contribution in [0, 0.1) is 11.6 Å². The van der Waals surface area contributed by atoms with E-state index >= 15 is 0 Å². The van der Waals surface area contributed by atoms with Crippen molar-refractivity contribution in [2.45, 2.75) is 11.9 Å². The first-order chi connectivity index (χ1) is 10.2. The number of carbonyl (C=O) groups is 1. The summed E-state index contributed by atoms with van der Waals surface area (Å²) in [7, 11) is 0. The highest BCUT2D eigenvalue weighted by Crippen LogP contribution is 2.39. The second-order valence-electron chi connectivity index (χ2n) is 4.67. The minimum absolute atomic E-state index is 0.0795. The highest BCUT2D eigenvalue weighted by atomic mass is 32.2. The van der Waals surface area contributed by atoms with Gasteiger partial charge in [-0.1, -0.05) is 12.1 Å². The topological polar surface area (TPSA) is 33.2 Å². The van der Waals surface area contributed by atoms with Gasteiger partial charge in [-0.2, -0.15) is 0 Å². The molecule has 0 N–H and O–H groups in total. The summed E-state index contributed by atoms with van der Waals surface area (Å²) in [5.74, 6) is -1.10. The smallest absolute Gasteiger partial charge is 0.234 e. The van der Waals surface area contributed by atoms with Gasteiger partial charge in [-0.25, -0.2) is 8.78 Å². The Bertz CT molecular complexity index is 646. The van der Waals surface area contributed by atoms with Crippen LogP contribution in [0.2, 0.25) is 0 Å². The molecule has 1 saturated heterocycles. The highest BCUT2D eigenvalue weighted by Gasteiger charge is 2.33. The first-order valence-electron chi connectivity index (χ1n) is 6.40. The Kier molecular flexibility index (Phi) is 3.88. The van der Waals surface area contributed by atoms with Gasteiger partial charge in [-0.15, -0.1) is 11.8 Å². The molecule has 1 aliphatic heterocycles. The third kappa shape index (κ3) is 2.76. The van der Waals surface area contributed by atoms with Gasteiger partial charge in [0.1, 0.15) is 17.0 Å². The molecule has 0 bridgehead atoms. The Hall–Kier alpha value is -1.95. The molecule has 1 aromatic heterocycles. The second-order valence-corrected chi connectivity index (χ2v) is 5.74. The van der Waals surface area contributed by atoms with Crippen molar-refractivity contribution < 1.29 is 13.6 Å². The molecule has 108 valence electrons. The normalized spacial score (nSPS) is 18.3. The van der Waals surface area contributed by atoms with Crippen LogP contribution in [0.5, 0.6) is 0 Å². The summed E-state index contributed by atoms with van der Waals surface area (Å²) >= 11 is 1.43. The number of nitrogens with zero attached hydrogens (tertiary/aromatic N) is 2. The van der Waals surface area contributed by atoms with E-state index in [1.165, 1.54) is 34.9 Å². The third-order valence-electron chi connectivity index (χ3n) is 3.33. The maximum Gasteiger partial charge on any atom is 0.234 e. The van der Waals surface area contributed by atoms with Gasteiger partial charge < -0.3 is 4.90 Å². The molecule has 3 rings (SSSR count). The number of rotatable bonds is 3. The van der Waals surface area contributed by atoms with Gasteiger partial charge in [0, 0.05) is 23.5 Å². The number of benzene rings is 1. The molecular weight excluding hydrogens is 294 g/mol. The van der Waals surface area contributed by atoms with Gasteiger partial charge in [0.15, 0.2) is 0 Å². The highest BCUT2D eigenvalue weighted by molar-refractivity contribution is 8.00. The van der Waals surface area contributed by atoms with Crippen LogP contribution in [0.4, 0.5) is 8.78 Å². The van der Waals surface area contributed by atoms with Crippen molar-refractivity contribution in [2.24, 2.45) is 0 Å². The summed E-state index contributed by atoms with van der Waals surface area (Å²) < 4.78 is 27.5. The minimum atomic E-state index is -0.635. The molecule has 1 unspecified atom stereocenters. The fourth-order valence-electron chi connectivity index (χ4n) is 2.28. The van der Waals surface area contributed by atoms with E-state index in [4.69, 9.17) is 0 Å². The molecule has 1 atom stereocenters. The fourth-order valence-corrected chi connectivity index (χ4v) is 3.45.